The van der Waals surface area contributed by atoms with Crippen LogP contribution in [0.5, 0.6) is 5.75 Å². The van der Waals surface area contributed by atoms with Crippen molar-refractivity contribution in [3.63, 3.8) is 0 Å². The van der Waals surface area contributed by atoms with Crippen molar-refractivity contribution in [1.82, 2.24) is 0 Å². The van der Waals surface area contributed by atoms with E-state index in [1.165, 1.54) is 0 Å². The van der Waals surface area contributed by atoms with Gasteiger partial charge in [-0.3, -0.25) is 9.59 Å². The summed E-state index contributed by atoms with van der Waals surface area (Å²) in [6.07, 6.45) is 4.50. The largest absolute Gasteiger partial charge is 0.488 e. The molecule has 2 rings (SSSR count). The van der Waals surface area contributed by atoms with Crippen LogP contribution in [0.2, 0.25) is 0 Å². The molecule has 0 heterocycles. The number of hydrogen-bond donors (Lipinski definition) is 0. The van der Waals surface area contributed by atoms with Crippen molar-refractivity contribution < 1.29 is 19.1 Å². The number of rotatable bonds is 11. The Morgan fingerprint density at radius 2 is 1.32 bits per heavy atom. The van der Waals surface area contributed by atoms with Crippen molar-refractivity contribution in [3.05, 3.63) is 65.2 Å². The summed E-state index contributed by atoms with van der Waals surface area (Å²) in [5, 5.41) is 0. The van der Waals surface area contributed by atoms with E-state index >= 15 is 0 Å². The minimum Gasteiger partial charge on any atom is -0.488 e. The van der Waals surface area contributed by atoms with Gasteiger partial charge in [-0.05, 0) is 76.8 Å². The molecule has 0 saturated heterocycles. The third-order valence-electron chi connectivity index (χ3n) is 4.79. The van der Waals surface area contributed by atoms with Gasteiger partial charge in [-0.1, -0.05) is 24.3 Å². The van der Waals surface area contributed by atoms with Crippen molar-refractivity contribution in [3.8, 4) is 5.75 Å². The summed E-state index contributed by atoms with van der Waals surface area (Å²) in [4.78, 5) is 21.5. The lowest BCUT2D eigenvalue weighted by atomic mass is 9.97. The average molecular weight is 383 g/mol. The maximum Gasteiger partial charge on any atom is 0.150 e. The van der Waals surface area contributed by atoms with Crippen LogP contribution in [-0.2, 0) is 10.3 Å². The highest BCUT2D eigenvalue weighted by atomic mass is 16.5. The molecule has 0 aromatic heterocycles. The molecule has 0 unspecified atom stereocenters. The van der Waals surface area contributed by atoms with Gasteiger partial charge < -0.3 is 9.47 Å². The van der Waals surface area contributed by atoms with Crippen LogP contribution in [0.3, 0.4) is 0 Å². The molecule has 0 saturated carbocycles. The van der Waals surface area contributed by atoms with Crippen LogP contribution in [0.25, 0.3) is 0 Å². The summed E-state index contributed by atoms with van der Waals surface area (Å²) >= 11 is 0. The Hall–Kier alpha value is -2.46. The lowest BCUT2D eigenvalue weighted by Gasteiger charge is -2.28. The molecule has 4 heteroatoms. The molecule has 0 bridgehead atoms. The van der Waals surface area contributed by atoms with Crippen LogP contribution in [0.1, 0.15) is 73.2 Å². The first-order chi connectivity index (χ1) is 13.3. The fourth-order valence-electron chi connectivity index (χ4n) is 3.01. The van der Waals surface area contributed by atoms with Gasteiger partial charge in [-0.2, -0.15) is 0 Å². The zero-order valence-corrected chi connectivity index (χ0v) is 17.2. The molecule has 0 amide bonds. The number of unbranched alkanes of at least 4 members (excludes halogenated alkanes) is 1. The summed E-state index contributed by atoms with van der Waals surface area (Å²) in [6, 6.07) is 14.7. The van der Waals surface area contributed by atoms with Crippen LogP contribution in [0, 0.1) is 0 Å². The van der Waals surface area contributed by atoms with Gasteiger partial charge >= 0.3 is 0 Å². The maximum absolute atomic E-state index is 10.8. The zero-order chi connectivity index (χ0) is 20.6. The van der Waals surface area contributed by atoms with E-state index in [1.807, 2.05) is 50.2 Å². The molecule has 0 aliphatic rings. The van der Waals surface area contributed by atoms with Gasteiger partial charge in [-0.15, -0.1) is 0 Å². The predicted octanol–water partition coefficient (Wildman–Crippen LogP) is 5.59. The topological polar surface area (TPSA) is 52.6 Å². The molecular formula is C24H30O4. The number of carbonyl (C=O) groups is 2. The molecule has 0 aliphatic heterocycles. The van der Waals surface area contributed by atoms with Gasteiger partial charge in [0.2, 0.25) is 0 Å². The second kappa shape index (κ2) is 9.65. The summed E-state index contributed by atoms with van der Waals surface area (Å²) < 4.78 is 12.1. The fourth-order valence-corrected chi connectivity index (χ4v) is 3.01. The lowest BCUT2D eigenvalue weighted by molar-refractivity contribution is -0.0249. The van der Waals surface area contributed by atoms with Gasteiger partial charge in [0, 0.05) is 17.7 Å². The Morgan fingerprint density at radius 1 is 0.786 bits per heavy atom. The van der Waals surface area contributed by atoms with E-state index < -0.39 is 5.60 Å². The molecule has 4 nitrogen and oxygen atoms in total. The van der Waals surface area contributed by atoms with Crippen LogP contribution >= 0.6 is 0 Å². The third kappa shape index (κ3) is 6.61. The predicted molar refractivity (Wildman–Crippen MR) is 111 cm³/mol. The van der Waals surface area contributed by atoms with E-state index in [-0.39, 0.29) is 5.60 Å². The summed E-state index contributed by atoms with van der Waals surface area (Å²) in [5.74, 6) is 0.770. The van der Waals surface area contributed by atoms with E-state index in [4.69, 9.17) is 9.47 Å². The normalized spacial score (nSPS) is 11.9. The van der Waals surface area contributed by atoms with Gasteiger partial charge in [0.15, 0.2) is 0 Å². The summed E-state index contributed by atoms with van der Waals surface area (Å²) in [5.41, 5.74) is 1.69. The lowest BCUT2D eigenvalue weighted by Crippen LogP contribution is -2.28. The monoisotopic (exact) mass is 382 g/mol. The van der Waals surface area contributed by atoms with Gasteiger partial charge in [0.1, 0.15) is 23.9 Å². The van der Waals surface area contributed by atoms with Crippen molar-refractivity contribution in [2.45, 2.75) is 58.2 Å². The number of aldehydes is 2. The Balaban J connectivity index is 1.75. The highest BCUT2D eigenvalue weighted by Crippen LogP contribution is 2.26. The van der Waals surface area contributed by atoms with Crippen LogP contribution < -0.4 is 4.74 Å². The standard InChI is InChI=1S/C24H30O4/c1-23(2,28-22-13-9-20(18-26)10-14-22)15-5-6-16-27-24(3,4)21-11-7-19(17-25)8-12-21/h7-14,17-18H,5-6,15-16H2,1-4H3. The van der Waals surface area contributed by atoms with E-state index in [9.17, 15) is 9.59 Å². The SMILES string of the molecule is CC(C)(CCCCOC(C)(C)c1ccc(C=O)cc1)Oc1ccc(C=O)cc1. The van der Waals surface area contributed by atoms with Crippen molar-refractivity contribution >= 4 is 12.6 Å². The molecule has 0 N–H and O–H groups in total. The molecule has 0 spiro atoms. The first kappa shape index (κ1) is 21.8. The number of benzene rings is 2. The third-order valence-corrected chi connectivity index (χ3v) is 4.79. The Morgan fingerprint density at radius 3 is 1.86 bits per heavy atom. The average Bonchev–Trinajstić information content (AvgIpc) is 2.68. The molecule has 2 aromatic carbocycles. The molecule has 28 heavy (non-hydrogen) atoms. The molecule has 0 fully saturated rings. The second-order valence-electron chi connectivity index (χ2n) is 8.10. The van der Waals surface area contributed by atoms with Crippen LogP contribution in [-0.4, -0.2) is 24.8 Å². The van der Waals surface area contributed by atoms with Crippen molar-refractivity contribution in [2.75, 3.05) is 6.61 Å². The minimum atomic E-state index is -0.395. The smallest absolute Gasteiger partial charge is 0.150 e. The zero-order valence-electron chi connectivity index (χ0n) is 17.2. The molecule has 0 atom stereocenters. The van der Waals surface area contributed by atoms with Crippen molar-refractivity contribution in [2.24, 2.45) is 0 Å². The number of hydrogen-bond acceptors (Lipinski definition) is 4. The van der Waals surface area contributed by atoms with Gasteiger partial charge in [0.05, 0.1) is 5.60 Å². The molecule has 2 aromatic rings. The molecular weight excluding hydrogens is 352 g/mol. The first-order valence-electron chi connectivity index (χ1n) is 9.70. The van der Waals surface area contributed by atoms with Crippen molar-refractivity contribution in [1.29, 1.82) is 0 Å². The molecule has 0 radical (unpaired) electrons. The van der Waals surface area contributed by atoms with Gasteiger partial charge in [-0.25, -0.2) is 0 Å². The van der Waals surface area contributed by atoms with E-state index in [1.54, 1.807) is 12.1 Å². The van der Waals surface area contributed by atoms with Crippen LogP contribution in [0.4, 0.5) is 0 Å². The summed E-state index contributed by atoms with van der Waals surface area (Å²) in [7, 11) is 0. The van der Waals surface area contributed by atoms with Gasteiger partial charge in [0.25, 0.3) is 0 Å². The minimum absolute atomic E-state index is 0.289. The first-order valence-corrected chi connectivity index (χ1v) is 9.70. The Kier molecular flexibility index (Phi) is 7.53. The summed E-state index contributed by atoms with van der Waals surface area (Å²) in [6.45, 7) is 8.88. The Bertz CT molecular complexity index is 758. The fraction of sp³-hybridized carbons (Fsp3) is 0.417. The number of ether oxygens (including phenoxy) is 2. The molecule has 150 valence electrons. The van der Waals surface area contributed by atoms with E-state index in [2.05, 4.69) is 13.8 Å². The highest BCUT2D eigenvalue weighted by molar-refractivity contribution is 5.75. The Labute approximate surface area is 167 Å². The highest BCUT2D eigenvalue weighted by Gasteiger charge is 2.22. The van der Waals surface area contributed by atoms with E-state index in [0.717, 1.165) is 43.1 Å². The van der Waals surface area contributed by atoms with E-state index in [0.29, 0.717) is 17.7 Å². The second-order valence-corrected chi connectivity index (χ2v) is 8.10. The molecule has 0 aliphatic carbocycles. The van der Waals surface area contributed by atoms with Crippen LogP contribution in [0.15, 0.2) is 48.5 Å². The maximum atomic E-state index is 10.8. The quantitative estimate of drug-likeness (QED) is 0.375. The number of carbonyl (C=O) groups excluding carboxylic acids is 2.